The van der Waals surface area contributed by atoms with Crippen LogP contribution in [0, 0.1) is 5.92 Å². The number of anilines is 1. The van der Waals surface area contributed by atoms with Gasteiger partial charge < -0.3 is 10.1 Å². The van der Waals surface area contributed by atoms with Gasteiger partial charge in [-0.15, -0.1) is 11.3 Å². The van der Waals surface area contributed by atoms with Gasteiger partial charge in [-0.3, -0.25) is 0 Å². The molecule has 1 unspecified atom stereocenters. The van der Waals surface area contributed by atoms with E-state index in [2.05, 4.69) is 49.7 Å². The number of ether oxygens (including phenoxy) is 1. The molecule has 1 aromatic heterocycles. The highest BCUT2D eigenvalue weighted by Crippen LogP contribution is 2.29. The molecule has 0 aliphatic rings. The Bertz CT molecular complexity index is 493. The fourth-order valence-electron chi connectivity index (χ4n) is 1.81. The zero-order valence-corrected chi connectivity index (χ0v) is 12.5. The van der Waals surface area contributed by atoms with E-state index >= 15 is 0 Å². The fraction of sp³-hybridized carbons (Fsp3) is 0.375. The van der Waals surface area contributed by atoms with Crippen molar-refractivity contribution in [3.05, 3.63) is 46.7 Å². The minimum atomic E-state index is 0.295. The normalized spacial score (nSPS) is 12.4. The van der Waals surface area contributed by atoms with E-state index in [0.29, 0.717) is 12.0 Å². The second kappa shape index (κ2) is 6.62. The first kappa shape index (κ1) is 13.9. The van der Waals surface area contributed by atoms with E-state index in [0.717, 1.165) is 18.0 Å². The molecule has 0 spiro atoms. The van der Waals surface area contributed by atoms with E-state index in [1.807, 2.05) is 18.2 Å². The van der Waals surface area contributed by atoms with Crippen molar-refractivity contribution in [3.8, 4) is 5.75 Å². The van der Waals surface area contributed by atoms with Crippen molar-refractivity contribution in [2.45, 2.75) is 26.8 Å². The maximum atomic E-state index is 5.86. The third-order valence-corrected chi connectivity index (χ3v) is 3.86. The zero-order valence-electron chi connectivity index (χ0n) is 11.7. The van der Waals surface area contributed by atoms with Crippen molar-refractivity contribution < 1.29 is 4.74 Å². The minimum absolute atomic E-state index is 0.295. The molecule has 1 aromatic carbocycles. The van der Waals surface area contributed by atoms with Gasteiger partial charge in [-0.2, -0.15) is 0 Å². The van der Waals surface area contributed by atoms with E-state index in [4.69, 9.17) is 4.74 Å². The molecule has 0 radical (unpaired) electrons. The molecule has 0 aliphatic carbocycles. The number of nitrogens with one attached hydrogen (secondary N) is 1. The monoisotopic (exact) mass is 275 g/mol. The van der Waals surface area contributed by atoms with E-state index in [1.165, 1.54) is 4.88 Å². The number of benzene rings is 1. The van der Waals surface area contributed by atoms with Gasteiger partial charge >= 0.3 is 0 Å². The summed E-state index contributed by atoms with van der Waals surface area (Å²) in [4.78, 5) is 1.33. The van der Waals surface area contributed by atoms with Gasteiger partial charge in [0, 0.05) is 4.88 Å². The highest BCUT2D eigenvalue weighted by Gasteiger charge is 2.09. The van der Waals surface area contributed by atoms with E-state index in [9.17, 15) is 0 Å². The Hall–Kier alpha value is -1.48. The van der Waals surface area contributed by atoms with E-state index in [-0.39, 0.29) is 0 Å². The summed E-state index contributed by atoms with van der Waals surface area (Å²) in [6.07, 6.45) is 0. The van der Waals surface area contributed by atoms with Crippen LogP contribution in [0.4, 0.5) is 5.69 Å². The van der Waals surface area contributed by atoms with Crippen molar-refractivity contribution in [3.63, 3.8) is 0 Å². The Balaban J connectivity index is 2.07. The lowest BCUT2D eigenvalue weighted by Gasteiger charge is -2.18. The predicted octanol–water partition coefficient (Wildman–Crippen LogP) is 4.96. The van der Waals surface area contributed by atoms with Crippen molar-refractivity contribution in [2.75, 3.05) is 11.9 Å². The largest absolute Gasteiger partial charge is 0.491 e. The number of para-hydroxylation sites is 2. The van der Waals surface area contributed by atoms with Crippen molar-refractivity contribution in [2.24, 2.45) is 5.92 Å². The third kappa shape index (κ3) is 4.00. The molecule has 3 heteroatoms. The zero-order chi connectivity index (χ0) is 13.7. The number of rotatable bonds is 6. The molecule has 0 amide bonds. The average molecular weight is 275 g/mol. The Labute approximate surface area is 119 Å². The Kier molecular flexibility index (Phi) is 4.86. The molecule has 2 aromatic rings. The van der Waals surface area contributed by atoms with Gasteiger partial charge in [0.05, 0.1) is 18.3 Å². The topological polar surface area (TPSA) is 21.3 Å². The Morgan fingerprint density at radius 2 is 1.89 bits per heavy atom. The van der Waals surface area contributed by atoms with Gasteiger partial charge in [0.1, 0.15) is 5.75 Å². The van der Waals surface area contributed by atoms with Crippen LogP contribution < -0.4 is 10.1 Å². The molecule has 1 heterocycles. The standard InChI is InChI=1S/C16H21NOS/c1-12(2)11-18-15-8-5-4-7-14(15)17-13(3)16-9-6-10-19-16/h4-10,12-13,17H,11H2,1-3H3. The molecule has 1 N–H and O–H groups in total. The maximum Gasteiger partial charge on any atom is 0.142 e. The van der Waals surface area contributed by atoms with Gasteiger partial charge in [0.15, 0.2) is 0 Å². The maximum absolute atomic E-state index is 5.86. The summed E-state index contributed by atoms with van der Waals surface area (Å²) >= 11 is 1.77. The molecule has 0 saturated carbocycles. The van der Waals surface area contributed by atoms with Crippen LogP contribution in [0.3, 0.4) is 0 Å². The first-order chi connectivity index (χ1) is 9.16. The first-order valence-electron chi connectivity index (χ1n) is 6.68. The number of hydrogen-bond donors (Lipinski definition) is 1. The molecule has 0 fully saturated rings. The lowest BCUT2D eigenvalue weighted by Crippen LogP contribution is -2.09. The van der Waals surface area contributed by atoms with Crippen LogP contribution in [0.5, 0.6) is 5.75 Å². The summed E-state index contributed by atoms with van der Waals surface area (Å²) in [6.45, 7) is 7.23. The van der Waals surface area contributed by atoms with Crippen molar-refractivity contribution in [1.82, 2.24) is 0 Å². The Morgan fingerprint density at radius 3 is 2.58 bits per heavy atom. The third-order valence-electron chi connectivity index (χ3n) is 2.80. The highest BCUT2D eigenvalue weighted by atomic mass is 32.1. The van der Waals surface area contributed by atoms with Crippen LogP contribution in [0.15, 0.2) is 41.8 Å². The second-order valence-corrected chi connectivity index (χ2v) is 6.06. The highest BCUT2D eigenvalue weighted by molar-refractivity contribution is 7.10. The molecule has 2 nitrogen and oxygen atoms in total. The lowest BCUT2D eigenvalue weighted by atomic mass is 10.2. The summed E-state index contributed by atoms with van der Waals surface area (Å²) in [6, 6.07) is 12.7. The molecule has 102 valence electrons. The van der Waals surface area contributed by atoms with Crippen molar-refractivity contribution in [1.29, 1.82) is 0 Å². The van der Waals surface area contributed by atoms with Gasteiger partial charge in [-0.1, -0.05) is 32.0 Å². The summed E-state index contributed by atoms with van der Waals surface area (Å²) in [5, 5.41) is 5.63. The van der Waals surface area contributed by atoms with Crippen LogP contribution in [0.1, 0.15) is 31.7 Å². The molecular weight excluding hydrogens is 254 g/mol. The molecule has 0 saturated heterocycles. The average Bonchev–Trinajstić information content (AvgIpc) is 2.91. The Morgan fingerprint density at radius 1 is 1.11 bits per heavy atom. The molecule has 19 heavy (non-hydrogen) atoms. The van der Waals surface area contributed by atoms with Crippen LogP contribution in [0.25, 0.3) is 0 Å². The minimum Gasteiger partial charge on any atom is -0.491 e. The molecule has 1 atom stereocenters. The summed E-state index contributed by atoms with van der Waals surface area (Å²) in [5.41, 5.74) is 1.06. The quantitative estimate of drug-likeness (QED) is 0.805. The second-order valence-electron chi connectivity index (χ2n) is 5.08. The SMILES string of the molecule is CC(C)COc1ccccc1NC(C)c1cccs1. The summed E-state index contributed by atoms with van der Waals surface area (Å²) < 4.78 is 5.86. The smallest absolute Gasteiger partial charge is 0.142 e. The van der Waals surface area contributed by atoms with E-state index in [1.54, 1.807) is 11.3 Å². The van der Waals surface area contributed by atoms with E-state index < -0.39 is 0 Å². The molecule has 0 aliphatic heterocycles. The van der Waals surface area contributed by atoms with Crippen LogP contribution in [0.2, 0.25) is 0 Å². The fourth-order valence-corrected chi connectivity index (χ4v) is 2.54. The number of thiophene rings is 1. The molecule has 0 bridgehead atoms. The summed E-state index contributed by atoms with van der Waals surface area (Å²) in [7, 11) is 0. The first-order valence-corrected chi connectivity index (χ1v) is 7.56. The van der Waals surface area contributed by atoms with Crippen molar-refractivity contribution >= 4 is 17.0 Å². The molecular formula is C16H21NOS. The lowest BCUT2D eigenvalue weighted by molar-refractivity contribution is 0.272. The predicted molar refractivity (Wildman–Crippen MR) is 83.1 cm³/mol. The van der Waals surface area contributed by atoms with Crippen LogP contribution in [-0.4, -0.2) is 6.61 Å². The van der Waals surface area contributed by atoms with Gasteiger partial charge in [0.25, 0.3) is 0 Å². The number of hydrogen-bond acceptors (Lipinski definition) is 3. The van der Waals surface area contributed by atoms with Gasteiger partial charge in [0.2, 0.25) is 0 Å². The summed E-state index contributed by atoms with van der Waals surface area (Å²) in [5.74, 6) is 1.46. The van der Waals surface area contributed by atoms with Gasteiger partial charge in [-0.05, 0) is 36.4 Å². The van der Waals surface area contributed by atoms with Crippen LogP contribution >= 0.6 is 11.3 Å². The van der Waals surface area contributed by atoms with Gasteiger partial charge in [-0.25, -0.2) is 0 Å². The molecule has 2 rings (SSSR count). The van der Waals surface area contributed by atoms with Crippen LogP contribution in [-0.2, 0) is 0 Å².